The second-order valence-electron chi connectivity index (χ2n) is 7.48. The number of rotatable bonds is 5. The van der Waals surface area contributed by atoms with Crippen LogP contribution in [-0.2, 0) is 15.6 Å². The first-order chi connectivity index (χ1) is 11.8. The minimum Gasteiger partial charge on any atom is -0.354 e. The van der Waals surface area contributed by atoms with Crippen molar-refractivity contribution in [2.75, 3.05) is 6.54 Å². The molecule has 2 aliphatic carbocycles. The molecule has 2 aromatic rings. The smallest absolute Gasteiger partial charge is 0.230 e. The van der Waals surface area contributed by atoms with Gasteiger partial charge in [0.1, 0.15) is 0 Å². The van der Waals surface area contributed by atoms with Gasteiger partial charge in [-0.15, -0.1) is 0 Å². The maximum Gasteiger partial charge on any atom is 0.230 e. The van der Waals surface area contributed by atoms with Gasteiger partial charge in [0, 0.05) is 12.0 Å². The van der Waals surface area contributed by atoms with Gasteiger partial charge in [0.05, 0.1) is 5.41 Å². The highest BCUT2D eigenvalue weighted by molar-refractivity contribution is 5.91. The molecule has 0 aliphatic heterocycles. The van der Waals surface area contributed by atoms with Gasteiger partial charge in [-0.1, -0.05) is 73.5 Å². The summed E-state index contributed by atoms with van der Waals surface area (Å²) in [5.74, 6) is 0.218. The van der Waals surface area contributed by atoms with Crippen LogP contribution in [0.3, 0.4) is 0 Å². The predicted octanol–water partition coefficient (Wildman–Crippen LogP) is 4.35. The van der Waals surface area contributed by atoms with Crippen LogP contribution in [-0.4, -0.2) is 12.5 Å². The van der Waals surface area contributed by atoms with Crippen LogP contribution in [0.2, 0.25) is 0 Å². The van der Waals surface area contributed by atoms with Crippen molar-refractivity contribution in [3.05, 3.63) is 71.8 Å². The molecule has 0 unspecified atom stereocenters. The van der Waals surface area contributed by atoms with Crippen LogP contribution < -0.4 is 5.32 Å². The van der Waals surface area contributed by atoms with Gasteiger partial charge >= 0.3 is 0 Å². The summed E-state index contributed by atoms with van der Waals surface area (Å²) in [7, 11) is 0. The molecular formula is C22H25NO. The third kappa shape index (κ3) is 2.64. The van der Waals surface area contributed by atoms with Gasteiger partial charge in [0.15, 0.2) is 0 Å². The summed E-state index contributed by atoms with van der Waals surface area (Å²) >= 11 is 0. The van der Waals surface area contributed by atoms with Crippen LogP contribution in [0.4, 0.5) is 0 Å². The second kappa shape index (κ2) is 6.08. The Hall–Kier alpha value is -2.09. The van der Waals surface area contributed by atoms with Crippen LogP contribution >= 0.6 is 0 Å². The standard InChI is InChI=1S/C22H25NO/c24-20(22(15-16-22)19-11-5-2-6-12-19)23-17-21(13-7-8-14-21)18-9-3-1-4-10-18/h1-6,9-12H,7-8,13-17H2,(H,23,24). The third-order valence-corrected chi connectivity index (χ3v) is 6.05. The van der Waals surface area contributed by atoms with E-state index >= 15 is 0 Å². The topological polar surface area (TPSA) is 29.1 Å². The Kier molecular flexibility index (Phi) is 3.91. The van der Waals surface area contributed by atoms with E-state index in [-0.39, 0.29) is 16.7 Å². The fourth-order valence-corrected chi connectivity index (χ4v) is 4.36. The van der Waals surface area contributed by atoms with E-state index in [1.807, 2.05) is 18.2 Å². The van der Waals surface area contributed by atoms with E-state index in [0.29, 0.717) is 0 Å². The minimum absolute atomic E-state index is 0.129. The quantitative estimate of drug-likeness (QED) is 0.872. The summed E-state index contributed by atoms with van der Waals surface area (Å²) in [5.41, 5.74) is 2.41. The monoisotopic (exact) mass is 319 g/mol. The van der Waals surface area contributed by atoms with Crippen LogP contribution in [0.25, 0.3) is 0 Å². The molecule has 0 heterocycles. The molecule has 2 heteroatoms. The molecule has 0 aromatic heterocycles. The van der Waals surface area contributed by atoms with Gasteiger partial charge in [-0.25, -0.2) is 0 Å². The second-order valence-corrected chi connectivity index (χ2v) is 7.48. The van der Waals surface area contributed by atoms with E-state index < -0.39 is 0 Å². The highest BCUT2D eigenvalue weighted by atomic mass is 16.2. The van der Waals surface area contributed by atoms with E-state index in [0.717, 1.165) is 19.4 Å². The molecule has 0 bridgehead atoms. The first-order valence-corrected chi connectivity index (χ1v) is 9.15. The van der Waals surface area contributed by atoms with Gasteiger partial charge in [0.25, 0.3) is 0 Å². The number of carbonyl (C=O) groups is 1. The van der Waals surface area contributed by atoms with Gasteiger partial charge in [-0.05, 0) is 36.8 Å². The van der Waals surface area contributed by atoms with E-state index in [2.05, 4.69) is 47.8 Å². The van der Waals surface area contributed by atoms with E-state index in [1.54, 1.807) is 0 Å². The molecule has 2 saturated carbocycles. The van der Waals surface area contributed by atoms with Crippen molar-refractivity contribution in [2.45, 2.75) is 49.4 Å². The molecule has 0 saturated heterocycles. The van der Waals surface area contributed by atoms with Gasteiger partial charge in [-0.3, -0.25) is 4.79 Å². The molecule has 24 heavy (non-hydrogen) atoms. The summed E-state index contributed by atoms with van der Waals surface area (Å²) in [6.07, 6.45) is 6.82. The first-order valence-electron chi connectivity index (χ1n) is 9.15. The molecule has 2 fully saturated rings. The van der Waals surface area contributed by atoms with Gasteiger partial charge in [-0.2, -0.15) is 0 Å². The van der Waals surface area contributed by atoms with Crippen LogP contribution in [0.1, 0.15) is 49.7 Å². The lowest BCUT2D eigenvalue weighted by Gasteiger charge is -2.31. The van der Waals surface area contributed by atoms with Crippen LogP contribution in [0.5, 0.6) is 0 Å². The Morgan fingerprint density at radius 1 is 0.792 bits per heavy atom. The lowest BCUT2D eigenvalue weighted by molar-refractivity contribution is -0.123. The summed E-state index contributed by atoms with van der Waals surface area (Å²) < 4.78 is 0. The SMILES string of the molecule is O=C(NCC1(c2ccccc2)CCCC1)C1(c2ccccc2)CC1. The number of hydrogen-bond donors (Lipinski definition) is 1. The lowest BCUT2D eigenvalue weighted by atomic mass is 9.78. The summed E-state index contributed by atoms with van der Waals surface area (Å²) in [5, 5.41) is 3.33. The zero-order chi connectivity index (χ0) is 16.5. The number of benzene rings is 2. The molecular weight excluding hydrogens is 294 g/mol. The van der Waals surface area contributed by atoms with Crippen molar-refractivity contribution >= 4 is 5.91 Å². The van der Waals surface area contributed by atoms with Crippen molar-refractivity contribution in [1.29, 1.82) is 0 Å². The number of nitrogens with one attached hydrogen (secondary N) is 1. The van der Waals surface area contributed by atoms with E-state index in [1.165, 1.54) is 36.8 Å². The Morgan fingerprint density at radius 3 is 1.88 bits per heavy atom. The molecule has 2 aromatic carbocycles. The summed E-state index contributed by atoms with van der Waals surface area (Å²) in [6.45, 7) is 0.768. The number of hydrogen-bond acceptors (Lipinski definition) is 1. The Morgan fingerprint density at radius 2 is 1.33 bits per heavy atom. The van der Waals surface area contributed by atoms with Crippen molar-refractivity contribution in [3.63, 3.8) is 0 Å². The Balaban J connectivity index is 1.50. The van der Waals surface area contributed by atoms with Crippen molar-refractivity contribution in [2.24, 2.45) is 0 Å². The fourth-order valence-electron chi connectivity index (χ4n) is 4.36. The van der Waals surface area contributed by atoms with Crippen molar-refractivity contribution in [3.8, 4) is 0 Å². The lowest BCUT2D eigenvalue weighted by Crippen LogP contribution is -2.43. The first kappa shape index (κ1) is 15.4. The molecule has 1 N–H and O–H groups in total. The average molecular weight is 319 g/mol. The molecule has 1 amide bonds. The molecule has 0 radical (unpaired) electrons. The van der Waals surface area contributed by atoms with E-state index in [9.17, 15) is 4.79 Å². The summed E-state index contributed by atoms with van der Waals surface area (Å²) in [4.78, 5) is 12.9. The molecule has 0 spiro atoms. The minimum atomic E-state index is -0.266. The Labute approximate surface area is 144 Å². The number of carbonyl (C=O) groups excluding carboxylic acids is 1. The molecule has 4 rings (SSSR count). The van der Waals surface area contributed by atoms with Crippen molar-refractivity contribution in [1.82, 2.24) is 5.32 Å². The highest BCUT2D eigenvalue weighted by Crippen LogP contribution is 2.48. The van der Waals surface area contributed by atoms with E-state index in [4.69, 9.17) is 0 Å². The highest BCUT2D eigenvalue weighted by Gasteiger charge is 2.51. The number of amides is 1. The molecule has 2 aliphatic rings. The third-order valence-electron chi connectivity index (χ3n) is 6.05. The molecule has 2 nitrogen and oxygen atoms in total. The molecule has 124 valence electrons. The van der Waals surface area contributed by atoms with Crippen LogP contribution in [0, 0.1) is 0 Å². The Bertz CT molecular complexity index is 697. The fraction of sp³-hybridized carbons (Fsp3) is 0.409. The van der Waals surface area contributed by atoms with Gasteiger partial charge < -0.3 is 5.32 Å². The van der Waals surface area contributed by atoms with Crippen LogP contribution in [0.15, 0.2) is 60.7 Å². The average Bonchev–Trinajstić information content (AvgIpc) is 3.33. The predicted molar refractivity (Wildman–Crippen MR) is 97.0 cm³/mol. The zero-order valence-electron chi connectivity index (χ0n) is 14.1. The normalized spacial score (nSPS) is 20.5. The molecule has 0 atom stereocenters. The zero-order valence-corrected chi connectivity index (χ0v) is 14.1. The maximum absolute atomic E-state index is 12.9. The maximum atomic E-state index is 12.9. The van der Waals surface area contributed by atoms with Crippen molar-refractivity contribution < 1.29 is 4.79 Å². The van der Waals surface area contributed by atoms with Gasteiger partial charge in [0.2, 0.25) is 5.91 Å². The largest absolute Gasteiger partial charge is 0.354 e. The summed E-state index contributed by atoms with van der Waals surface area (Å²) in [6, 6.07) is 21.0.